The summed E-state index contributed by atoms with van der Waals surface area (Å²) in [6.07, 6.45) is 2.00. The van der Waals surface area contributed by atoms with E-state index >= 15 is 0 Å². The number of hydrogen-bond donors (Lipinski definition) is 0. The molecule has 0 unspecified atom stereocenters. The van der Waals surface area contributed by atoms with Gasteiger partial charge in [-0.2, -0.15) is 0 Å². The number of furan rings is 1. The monoisotopic (exact) mass is 365 g/mol. The minimum atomic E-state index is -0.0625. The molecule has 132 valence electrons. The normalized spacial score (nSPS) is 16.8. The van der Waals surface area contributed by atoms with Crippen LogP contribution in [-0.2, 0) is 0 Å². The van der Waals surface area contributed by atoms with Crippen LogP contribution in [0.4, 0.5) is 0 Å². The number of carbonyl (C=O) groups is 2. The highest BCUT2D eigenvalue weighted by Crippen LogP contribution is 2.36. The molecule has 3 heterocycles. The number of ketones is 1. The zero-order valence-electron chi connectivity index (χ0n) is 14.5. The molecule has 26 heavy (non-hydrogen) atoms. The van der Waals surface area contributed by atoms with Crippen LogP contribution in [0.1, 0.15) is 51.6 Å². The lowest BCUT2D eigenvalue weighted by Gasteiger charge is -2.22. The Morgan fingerprint density at radius 1 is 1.12 bits per heavy atom. The fourth-order valence-electron chi connectivity index (χ4n) is 3.41. The molecule has 0 saturated carbocycles. The van der Waals surface area contributed by atoms with Gasteiger partial charge < -0.3 is 9.32 Å². The predicted octanol–water partition coefficient (Wildman–Crippen LogP) is 5.19. The quantitative estimate of drug-likeness (QED) is 0.598. The van der Waals surface area contributed by atoms with Crippen molar-refractivity contribution in [2.24, 2.45) is 0 Å². The minimum absolute atomic E-state index is 0.0283. The smallest absolute Gasteiger partial charge is 0.290 e. The average molecular weight is 365 g/mol. The molecular formula is C21H19NO3S. The lowest BCUT2D eigenvalue weighted by Crippen LogP contribution is -2.29. The van der Waals surface area contributed by atoms with E-state index in [1.54, 1.807) is 36.5 Å². The second-order valence-electron chi connectivity index (χ2n) is 6.47. The Morgan fingerprint density at radius 3 is 2.62 bits per heavy atom. The number of thiophene rings is 1. The van der Waals surface area contributed by atoms with Crippen LogP contribution in [0.15, 0.2) is 58.3 Å². The summed E-state index contributed by atoms with van der Waals surface area (Å²) in [6, 6.07) is 15.0. The topological polar surface area (TPSA) is 50.5 Å². The summed E-state index contributed by atoms with van der Waals surface area (Å²) in [7, 11) is 0. The number of benzene rings is 1. The fraction of sp³-hybridized carbons (Fsp3) is 0.238. The van der Waals surface area contributed by atoms with Crippen molar-refractivity contribution in [1.29, 1.82) is 0 Å². The first kappa shape index (κ1) is 16.8. The van der Waals surface area contributed by atoms with Crippen molar-refractivity contribution in [1.82, 2.24) is 4.90 Å². The van der Waals surface area contributed by atoms with Crippen molar-refractivity contribution in [2.45, 2.75) is 25.8 Å². The van der Waals surface area contributed by atoms with E-state index in [9.17, 15) is 9.59 Å². The standard InChI is InChI=1S/C21H19NO3S/c1-14(23)15-6-8-16(9-7-15)18-10-11-19(25-18)21(24)22-12-2-4-17(22)20-5-3-13-26-20/h3,5-11,13,17H,2,4,12H2,1H3/t17-/m1/s1. The summed E-state index contributed by atoms with van der Waals surface area (Å²) in [5, 5.41) is 2.05. The highest BCUT2D eigenvalue weighted by Gasteiger charge is 2.32. The maximum atomic E-state index is 12.9. The van der Waals surface area contributed by atoms with Crippen LogP contribution in [0.3, 0.4) is 0 Å². The van der Waals surface area contributed by atoms with Gasteiger partial charge in [-0.15, -0.1) is 11.3 Å². The van der Waals surface area contributed by atoms with Crippen LogP contribution in [0.2, 0.25) is 0 Å². The average Bonchev–Trinajstić information content (AvgIpc) is 3.41. The number of rotatable bonds is 4. The first-order valence-electron chi connectivity index (χ1n) is 8.69. The highest BCUT2D eigenvalue weighted by atomic mass is 32.1. The first-order chi connectivity index (χ1) is 12.6. The molecule has 0 spiro atoms. The Morgan fingerprint density at radius 2 is 1.92 bits per heavy atom. The molecule has 0 radical (unpaired) electrons. The molecule has 2 aromatic heterocycles. The molecule has 1 saturated heterocycles. The van der Waals surface area contributed by atoms with Crippen molar-refractivity contribution in [3.8, 4) is 11.3 Å². The summed E-state index contributed by atoms with van der Waals surface area (Å²) in [4.78, 5) is 27.5. The molecular weight excluding hydrogens is 346 g/mol. The molecule has 0 N–H and O–H groups in total. The van der Waals surface area contributed by atoms with Gasteiger partial charge in [0.25, 0.3) is 5.91 Å². The summed E-state index contributed by atoms with van der Waals surface area (Å²) >= 11 is 1.69. The number of hydrogen-bond acceptors (Lipinski definition) is 4. The Balaban J connectivity index is 1.55. The van der Waals surface area contributed by atoms with E-state index < -0.39 is 0 Å². The molecule has 4 nitrogen and oxygen atoms in total. The van der Waals surface area contributed by atoms with E-state index in [-0.39, 0.29) is 17.7 Å². The second-order valence-corrected chi connectivity index (χ2v) is 7.45. The Labute approximate surface area is 156 Å². The van der Waals surface area contributed by atoms with Gasteiger partial charge in [0.05, 0.1) is 6.04 Å². The highest BCUT2D eigenvalue weighted by molar-refractivity contribution is 7.10. The SMILES string of the molecule is CC(=O)c1ccc(-c2ccc(C(=O)N3CCC[C@@H]3c3cccs3)o2)cc1. The van der Waals surface area contributed by atoms with E-state index in [1.807, 2.05) is 34.5 Å². The van der Waals surface area contributed by atoms with Crippen molar-refractivity contribution in [3.63, 3.8) is 0 Å². The van der Waals surface area contributed by atoms with E-state index in [1.165, 1.54) is 4.88 Å². The van der Waals surface area contributed by atoms with Crippen LogP contribution < -0.4 is 0 Å². The maximum Gasteiger partial charge on any atom is 0.290 e. The fourth-order valence-corrected chi connectivity index (χ4v) is 4.28. The number of Topliss-reactive ketones (excluding diaryl/α,β-unsaturated/α-hetero) is 1. The van der Waals surface area contributed by atoms with E-state index in [0.29, 0.717) is 17.1 Å². The van der Waals surface area contributed by atoms with Gasteiger partial charge in [0, 0.05) is 22.5 Å². The third-order valence-corrected chi connectivity index (χ3v) is 5.75. The number of nitrogens with zero attached hydrogens (tertiary/aromatic N) is 1. The number of carbonyl (C=O) groups excluding carboxylic acids is 2. The van der Waals surface area contributed by atoms with Gasteiger partial charge in [-0.25, -0.2) is 0 Å². The molecule has 1 aromatic carbocycles. The molecule has 4 rings (SSSR count). The van der Waals surface area contributed by atoms with E-state index in [2.05, 4.69) is 6.07 Å². The van der Waals surface area contributed by atoms with Gasteiger partial charge >= 0.3 is 0 Å². The largest absolute Gasteiger partial charge is 0.451 e. The molecule has 0 aliphatic carbocycles. The summed E-state index contributed by atoms with van der Waals surface area (Å²) in [6.45, 7) is 2.30. The Hall–Kier alpha value is -2.66. The van der Waals surface area contributed by atoms with Gasteiger partial charge in [0.2, 0.25) is 0 Å². The Kier molecular flexibility index (Phi) is 4.47. The van der Waals surface area contributed by atoms with Crippen molar-refractivity contribution < 1.29 is 14.0 Å². The van der Waals surface area contributed by atoms with Gasteiger partial charge in [-0.3, -0.25) is 9.59 Å². The first-order valence-corrected chi connectivity index (χ1v) is 9.57. The van der Waals surface area contributed by atoms with Crippen molar-refractivity contribution in [3.05, 3.63) is 70.1 Å². The molecule has 3 aromatic rings. The molecule has 1 fully saturated rings. The lowest BCUT2D eigenvalue weighted by molar-refractivity contribution is 0.0706. The molecule has 1 atom stereocenters. The van der Waals surface area contributed by atoms with Crippen molar-refractivity contribution >= 4 is 23.0 Å². The van der Waals surface area contributed by atoms with Gasteiger partial charge in [-0.05, 0) is 43.3 Å². The molecule has 1 aliphatic rings. The van der Waals surface area contributed by atoms with Crippen LogP contribution in [0.25, 0.3) is 11.3 Å². The third kappa shape index (κ3) is 3.10. The molecule has 5 heteroatoms. The van der Waals surface area contributed by atoms with Crippen LogP contribution in [-0.4, -0.2) is 23.1 Å². The zero-order valence-corrected chi connectivity index (χ0v) is 15.3. The van der Waals surface area contributed by atoms with Gasteiger partial charge in [0.1, 0.15) is 5.76 Å². The minimum Gasteiger partial charge on any atom is -0.451 e. The predicted molar refractivity (Wildman–Crippen MR) is 101 cm³/mol. The molecule has 1 aliphatic heterocycles. The summed E-state index contributed by atoms with van der Waals surface area (Å²) < 4.78 is 5.84. The maximum absolute atomic E-state index is 12.9. The molecule has 1 amide bonds. The zero-order chi connectivity index (χ0) is 18.1. The molecule has 0 bridgehead atoms. The summed E-state index contributed by atoms with van der Waals surface area (Å²) in [5.74, 6) is 0.961. The van der Waals surface area contributed by atoms with E-state index in [4.69, 9.17) is 4.42 Å². The van der Waals surface area contributed by atoms with Crippen molar-refractivity contribution in [2.75, 3.05) is 6.54 Å². The van der Waals surface area contributed by atoms with Crippen LogP contribution >= 0.6 is 11.3 Å². The Bertz CT molecular complexity index is 925. The van der Waals surface area contributed by atoms with Gasteiger partial charge in [-0.1, -0.05) is 30.3 Å². The van der Waals surface area contributed by atoms with Gasteiger partial charge in [0.15, 0.2) is 11.5 Å². The van der Waals surface area contributed by atoms with Crippen LogP contribution in [0, 0.1) is 0 Å². The lowest BCUT2D eigenvalue weighted by atomic mass is 10.1. The number of likely N-dealkylation sites (tertiary alicyclic amines) is 1. The third-order valence-electron chi connectivity index (χ3n) is 4.78. The number of amides is 1. The summed E-state index contributed by atoms with van der Waals surface area (Å²) in [5.41, 5.74) is 1.51. The second kappa shape index (κ2) is 6.92. The van der Waals surface area contributed by atoms with E-state index in [0.717, 1.165) is 24.9 Å². The van der Waals surface area contributed by atoms with Crippen LogP contribution in [0.5, 0.6) is 0 Å².